The van der Waals surface area contributed by atoms with Crippen LogP contribution >= 0.6 is 0 Å². The number of nitrogens with one attached hydrogen (secondary N) is 2. The summed E-state index contributed by atoms with van der Waals surface area (Å²) in [4.78, 5) is 43.7. The summed E-state index contributed by atoms with van der Waals surface area (Å²) in [5, 5.41) is 15.9. The van der Waals surface area contributed by atoms with E-state index in [2.05, 4.69) is 23.5 Å². The Morgan fingerprint density at radius 2 is 1.67 bits per heavy atom. The number of unbranched alkanes of at least 4 members (excludes halogenated alkanes) is 4. The molecule has 0 aliphatic heterocycles. The number of phenols is 1. The third kappa shape index (κ3) is 11.5. The largest absolute Gasteiger partial charge is 0.508 e. The summed E-state index contributed by atoms with van der Waals surface area (Å²) in [6, 6.07) is 11.8. The minimum absolute atomic E-state index is 0.0286. The molecule has 2 unspecified atom stereocenters. The Hall–Kier alpha value is -3.99. The average molecular weight is 618 g/mol. The van der Waals surface area contributed by atoms with E-state index in [0.29, 0.717) is 24.1 Å². The average Bonchev–Trinajstić information content (AvgIpc) is 3.00. The van der Waals surface area contributed by atoms with Crippen molar-refractivity contribution in [2.24, 2.45) is 0 Å². The maximum atomic E-state index is 14.7. The van der Waals surface area contributed by atoms with Crippen LogP contribution in [-0.4, -0.2) is 52.1 Å². The van der Waals surface area contributed by atoms with Crippen LogP contribution in [0, 0.1) is 12.3 Å². The molecule has 244 valence electrons. The Labute approximate surface area is 269 Å². The first-order chi connectivity index (χ1) is 21.5. The van der Waals surface area contributed by atoms with Gasteiger partial charge in [0.05, 0.1) is 0 Å². The summed E-state index contributed by atoms with van der Waals surface area (Å²) in [5.41, 5.74) is 1.08. The number of amides is 3. The smallest absolute Gasteiger partial charge is 0.408 e. The summed E-state index contributed by atoms with van der Waals surface area (Å²) in [6.45, 7) is 7.73. The van der Waals surface area contributed by atoms with E-state index in [-0.39, 0.29) is 24.1 Å². The van der Waals surface area contributed by atoms with Crippen molar-refractivity contribution in [1.82, 2.24) is 15.5 Å². The van der Waals surface area contributed by atoms with Gasteiger partial charge in [-0.1, -0.05) is 88.1 Å². The maximum absolute atomic E-state index is 14.7. The van der Waals surface area contributed by atoms with Crippen molar-refractivity contribution in [3.05, 3.63) is 65.2 Å². The van der Waals surface area contributed by atoms with Gasteiger partial charge in [-0.3, -0.25) is 9.59 Å². The fourth-order valence-electron chi connectivity index (χ4n) is 5.81. The number of aromatic hydroxyl groups is 1. The molecule has 8 nitrogen and oxygen atoms in total. The Balaban J connectivity index is 2.06. The van der Waals surface area contributed by atoms with Crippen molar-refractivity contribution in [3.8, 4) is 18.1 Å². The van der Waals surface area contributed by atoms with E-state index in [1.165, 1.54) is 0 Å². The summed E-state index contributed by atoms with van der Waals surface area (Å²) < 4.78 is 5.54. The lowest BCUT2D eigenvalue weighted by Crippen LogP contribution is -2.54. The molecular weight excluding hydrogens is 566 g/mol. The highest BCUT2D eigenvalue weighted by Crippen LogP contribution is 2.28. The molecule has 45 heavy (non-hydrogen) atoms. The fraction of sp³-hybridized carbons (Fsp3) is 0.541. The first-order valence-corrected chi connectivity index (χ1v) is 16.5. The molecule has 0 spiro atoms. The SMILES string of the molecule is C#Cc1ccccc1C(C(=O)NC1CCCCC1)N(CCCCCCC)C(=O)C(Cc1ccc(O)cc1)NC(=O)OC(C)(C)C. The van der Waals surface area contributed by atoms with Gasteiger partial charge in [-0.2, -0.15) is 0 Å². The molecule has 0 radical (unpaired) electrons. The first kappa shape index (κ1) is 35.5. The molecule has 3 N–H and O–H groups in total. The van der Waals surface area contributed by atoms with Crippen LogP contribution in [0.5, 0.6) is 5.75 Å². The minimum Gasteiger partial charge on any atom is -0.508 e. The molecule has 2 atom stereocenters. The molecule has 2 aromatic rings. The van der Waals surface area contributed by atoms with Crippen LogP contribution in [0.15, 0.2) is 48.5 Å². The zero-order chi connectivity index (χ0) is 32.8. The molecular formula is C37H51N3O5. The van der Waals surface area contributed by atoms with Crippen LogP contribution in [0.4, 0.5) is 4.79 Å². The van der Waals surface area contributed by atoms with Crippen LogP contribution in [0.1, 0.15) is 115 Å². The van der Waals surface area contributed by atoms with Gasteiger partial charge < -0.3 is 25.4 Å². The second kappa shape index (κ2) is 17.5. The molecule has 1 fully saturated rings. The first-order valence-electron chi connectivity index (χ1n) is 16.5. The maximum Gasteiger partial charge on any atom is 0.408 e. The number of benzene rings is 2. The number of terminal acetylenes is 1. The minimum atomic E-state index is -1.04. The number of hydrogen-bond acceptors (Lipinski definition) is 5. The summed E-state index contributed by atoms with van der Waals surface area (Å²) in [6.07, 6.45) is 15.1. The van der Waals surface area contributed by atoms with E-state index in [0.717, 1.165) is 63.4 Å². The monoisotopic (exact) mass is 617 g/mol. The summed E-state index contributed by atoms with van der Waals surface area (Å²) in [5.74, 6) is 2.14. The van der Waals surface area contributed by atoms with Gasteiger partial charge in [-0.15, -0.1) is 6.42 Å². The second-order valence-corrected chi connectivity index (χ2v) is 13.0. The van der Waals surface area contributed by atoms with Gasteiger partial charge in [-0.05, 0) is 69.4 Å². The Bertz CT molecular complexity index is 1290. The lowest BCUT2D eigenvalue weighted by atomic mass is 9.93. The standard InChI is InChI=1S/C37H51N3O5/c1-6-8-9-10-16-25-40(33(31-20-15-14-17-28(31)7-2)34(42)38-29-18-12-11-13-19-29)35(43)32(39-36(44)45-37(3,4)5)26-27-21-23-30(41)24-22-27/h2,14-15,17,20-24,29,32-33,41H,6,8-13,16,18-19,25-26H2,1,3-5H3,(H,38,42)(H,39,44). The molecule has 0 saturated heterocycles. The number of carbonyl (C=O) groups excluding carboxylic acids is 3. The molecule has 1 saturated carbocycles. The van der Waals surface area contributed by atoms with Crippen molar-refractivity contribution in [1.29, 1.82) is 0 Å². The van der Waals surface area contributed by atoms with Gasteiger partial charge in [0.15, 0.2) is 0 Å². The van der Waals surface area contributed by atoms with Gasteiger partial charge in [0.1, 0.15) is 23.4 Å². The van der Waals surface area contributed by atoms with E-state index in [9.17, 15) is 19.5 Å². The van der Waals surface area contributed by atoms with Crippen molar-refractivity contribution < 1.29 is 24.2 Å². The topological polar surface area (TPSA) is 108 Å². The van der Waals surface area contributed by atoms with Crippen LogP contribution in [0.25, 0.3) is 0 Å². The van der Waals surface area contributed by atoms with Gasteiger partial charge in [0, 0.05) is 24.6 Å². The third-order valence-corrected chi connectivity index (χ3v) is 8.07. The molecule has 0 aromatic heterocycles. The van der Waals surface area contributed by atoms with Crippen molar-refractivity contribution in [3.63, 3.8) is 0 Å². The van der Waals surface area contributed by atoms with Crippen molar-refractivity contribution in [2.75, 3.05) is 6.54 Å². The predicted octanol–water partition coefficient (Wildman–Crippen LogP) is 6.80. The van der Waals surface area contributed by atoms with Gasteiger partial charge >= 0.3 is 6.09 Å². The Kier molecular flexibility index (Phi) is 13.8. The molecule has 0 heterocycles. The lowest BCUT2D eigenvalue weighted by molar-refractivity contribution is -0.143. The molecule has 8 heteroatoms. The van der Waals surface area contributed by atoms with E-state index in [1.54, 1.807) is 56.0 Å². The number of phenolic OH excluding ortho intramolecular Hbond substituents is 1. The molecule has 0 bridgehead atoms. The highest BCUT2D eigenvalue weighted by molar-refractivity contribution is 5.92. The second-order valence-electron chi connectivity index (χ2n) is 13.0. The lowest BCUT2D eigenvalue weighted by Gasteiger charge is -2.36. The number of rotatable bonds is 14. The Morgan fingerprint density at radius 3 is 2.31 bits per heavy atom. The molecule has 1 aliphatic rings. The summed E-state index contributed by atoms with van der Waals surface area (Å²) in [7, 11) is 0. The van der Waals surface area contributed by atoms with Crippen molar-refractivity contribution in [2.45, 2.75) is 122 Å². The van der Waals surface area contributed by atoms with Crippen LogP contribution < -0.4 is 10.6 Å². The van der Waals surface area contributed by atoms with E-state index in [1.807, 2.05) is 18.2 Å². The quantitative estimate of drug-likeness (QED) is 0.160. The van der Waals surface area contributed by atoms with Crippen LogP contribution in [-0.2, 0) is 20.7 Å². The van der Waals surface area contributed by atoms with Crippen LogP contribution in [0.3, 0.4) is 0 Å². The highest BCUT2D eigenvalue weighted by Gasteiger charge is 2.37. The van der Waals surface area contributed by atoms with E-state index < -0.39 is 29.7 Å². The predicted molar refractivity (Wildman–Crippen MR) is 178 cm³/mol. The van der Waals surface area contributed by atoms with E-state index >= 15 is 0 Å². The number of alkyl carbamates (subject to hydrolysis) is 1. The number of nitrogens with zero attached hydrogens (tertiary/aromatic N) is 1. The zero-order valence-corrected chi connectivity index (χ0v) is 27.4. The van der Waals surface area contributed by atoms with Gasteiger partial charge in [0.2, 0.25) is 11.8 Å². The van der Waals surface area contributed by atoms with E-state index in [4.69, 9.17) is 11.2 Å². The van der Waals surface area contributed by atoms with Crippen molar-refractivity contribution >= 4 is 17.9 Å². The fourth-order valence-corrected chi connectivity index (χ4v) is 5.81. The molecule has 3 rings (SSSR count). The Morgan fingerprint density at radius 1 is 1.00 bits per heavy atom. The molecule has 1 aliphatic carbocycles. The van der Waals surface area contributed by atoms with Crippen LogP contribution in [0.2, 0.25) is 0 Å². The number of ether oxygens (including phenoxy) is 1. The normalized spacial score (nSPS) is 14.9. The molecule has 2 aromatic carbocycles. The number of carbonyl (C=O) groups is 3. The van der Waals surface area contributed by atoms with Gasteiger partial charge in [-0.25, -0.2) is 4.79 Å². The number of hydrogen-bond donors (Lipinski definition) is 3. The van der Waals surface area contributed by atoms with Gasteiger partial charge in [0.25, 0.3) is 0 Å². The zero-order valence-electron chi connectivity index (χ0n) is 27.4. The third-order valence-electron chi connectivity index (χ3n) is 8.07. The summed E-state index contributed by atoms with van der Waals surface area (Å²) >= 11 is 0. The highest BCUT2D eigenvalue weighted by atomic mass is 16.6. The molecule has 3 amide bonds.